The molecule has 0 amide bonds. The molecule has 0 aliphatic heterocycles. The van der Waals surface area contributed by atoms with Crippen LogP contribution in [0.1, 0.15) is 35.6 Å². The molecule has 0 spiro atoms. The molecule has 0 saturated heterocycles. The fraction of sp³-hybridized carbons (Fsp3) is 0.538. The van der Waals surface area contributed by atoms with Crippen LogP contribution in [0.3, 0.4) is 0 Å². The average Bonchev–Trinajstić information content (AvgIpc) is 2.84. The quantitative estimate of drug-likeness (QED) is 0.937. The summed E-state index contributed by atoms with van der Waals surface area (Å²) in [6.07, 6.45) is 2.61. The van der Waals surface area contributed by atoms with Crippen LogP contribution in [-0.4, -0.2) is 19.6 Å². The average molecular weight is 326 g/mol. The van der Waals surface area contributed by atoms with Crippen molar-refractivity contribution < 1.29 is 0 Å². The van der Waals surface area contributed by atoms with Crippen LogP contribution in [-0.2, 0) is 20.0 Å². The van der Waals surface area contributed by atoms with E-state index >= 15 is 0 Å². The Morgan fingerprint density at radius 2 is 2.11 bits per heavy atom. The highest BCUT2D eigenvalue weighted by atomic mass is 79.9. The second-order valence-electron chi connectivity index (χ2n) is 4.78. The first-order valence-corrected chi connectivity index (χ1v) is 7.20. The molecule has 5 nitrogen and oxygen atoms in total. The molecule has 0 aliphatic rings. The van der Waals surface area contributed by atoms with Crippen LogP contribution < -0.4 is 5.73 Å². The first-order valence-electron chi connectivity index (χ1n) is 6.41. The predicted molar refractivity (Wildman–Crippen MR) is 78.9 cm³/mol. The Labute approximate surface area is 121 Å². The van der Waals surface area contributed by atoms with Crippen molar-refractivity contribution in [2.75, 3.05) is 0 Å². The van der Waals surface area contributed by atoms with Crippen LogP contribution in [0.15, 0.2) is 10.7 Å². The van der Waals surface area contributed by atoms with Gasteiger partial charge in [-0.1, -0.05) is 0 Å². The van der Waals surface area contributed by atoms with Crippen molar-refractivity contribution in [3.05, 3.63) is 33.3 Å². The van der Waals surface area contributed by atoms with Crippen LogP contribution in [0.2, 0.25) is 0 Å². The van der Waals surface area contributed by atoms with Gasteiger partial charge in [0.15, 0.2) is 0 Å². The van der Waals surface area contributed by atoms with Crippen molar-refractivity contribution in [3.63, 3.8) is 0 Å². The first-order chi connectivity index (χ1) is 8.95. The molecule has 2 aromatic rings. The van der Waals surface area contributed by atoms with Crippen molar-refractivity contribution >= 4 is 15.9 Å². The largest absolute Gasteiger partial charge is 0.324 e. The number of nitrogens with zero attached hydrogens (tertiary/aromatic N) is 4. The second kappa shape index (κ2) is 5.46. The van der Waals surface area contributed by atoms with Gasteiger partial charge in [-0.15, -0.1) is 0 Å². The summed E-state index contributed by atoms with van der Waals surface area (Å²) >= 11 is 3.61. The summed E-state index contributed by atoms with van der Waals surface area (Å²) in [6, 6.07) is -0.0635. The maximum absolute atomic E-state index is 6.33. The first kappa shape index (κ1) is 14.3. The molecule has 0 aromatic carbocycles. The van der Waals surface area contributed by atoms with E-state index in [1.807, 2.05) is 36.5 Å². The third-order valence-electron chi connectivity index (χ3n) is 3.54. The lowest BCUT2D eigenvalue weighted by molar-refractivity contribution is 0.584. The Bertz CT molecular complexity index is 584. The molecule has 2 N–H and O–H groups in total. The van der Waals surface area contributed by atoms with Gasteiger partial charge in [-0.2, -0.15) is 10.2 Å². The molecule has 19 heavy (non-hydrogen) atoms. The highest BCUT2D eigenvalue weighted by Gasteiger charge is 2.19. The number of hydrogen-bond acceptors (Lipinski definition) is 3. The molecule has 0 radical (unpaired) electrons. The molecule has 0 aliphatic carbocycles. The van der Waals surface area contributed by atoms with E-state index in [0.29, 0.717) is 0 Å². The van der Waals surface area contributed by atoms with Gasteiger partial charge in [0, 0.05) is 37.3 Å². The van der Waals surface area contributed by atoms with Crippen LogP contribution >= 0.6 is 15.9 Å². The van der Waals surface area contributed by atoms with Gasteiger partial charge in [-0.25, -0.2) is 0 Å². The molecule has 0 saturated carbocycles. The number of aryl methyl sites for hydroxylation is 3. The van der Waals surface area contributed by atoms with Crippen LogP contribution in [0, 0.1) is 13.8 Å². The lowest BCUT2D eigenvalue weighted by Gasteiger charge is -2.13. The van der Waals surface area contributed by atoms with Crippen molar-refractivity contribution in [1.82, 2.24) is 19.6 Å². The summed E-state index contributed by atoms with van der Waals surface area (Å²) < 4.78 is 4.92. The molecule has 6 heteroatoms. The maximum Gasteiger partial charge on any atom is 0.0738 e. The molecule has 2 heterocycles. The number of hydrogen-bond donors (Lipinski definition) is 1. The summed E-state index contributed by atoms with van der Waals surface area (Å²) in [6.45, 7) is 6.98. The van der Waals surface area contributed by atoms with E-state index in [2.05, 4.69) is 33.1 Å². The van der Waals surface area contributed by atoms with Crippen molar-refractivity contribution in [2.45, 2.75) is 39.8 Å². The molecule has 1 unspecified atom stereocenters. The molecule has 0 bridgehead atoms. The smallest absolute Gasteiger partial charge is 0.0738 e. The monoisotopic (exact) mass is 325 g/mol. The Balaban J connectivity index is 2.28. The van der Waals surface area contributed by atoms with Crippen LogP contribution in [0.4, 0.5) is 0 Å². The predicted octanol–water partition coefficient (Wildman–Crippen LogP) is 2.26. The minimum Gasteiger partial charge on any atom is -0.324 e. The van der Waals surface area contributed by atoms with Crippen LogP contribution in [0.5, 0.6) is 0 Å². The third-order valence-corrected chi connectivity index (χ3v) is 4.57. The molecule has 0 fully saturated rings. The Kier molecular flexibility index (Phi) is 4.10. The van der Waals surface area contributed by atoms with E-state index in [1.54, 1.807) is 0 Å². The minimum absolute atomic E-state index is 0.0635. The van der Waals surface area contributed by atoms with Gasteiger partial charge in [0.05, 0.1) is 22.1 Å². The van der Waals surface area contributed by atoms with Gasteiger partial charge in [0.2, 0.25) is 0 Å². The number of rotatable bonds is 4. The van der Waals surface area contributed by atoms with Gasteiger partial charge in [-0.05, 0) is 36.7 Å². The van der Waals surface area contributed by atoms with E-state index in [0.717, 1.165) is 40.1 Å². The lowest BCUT2D eigenvalue weighted by Crippen LogP contribution is -2.17. The molecule has 2 aromatic heterocycles. The maximum atomic E-state index is 6.33. The van der Waals surface area contributed by atoms with E-state index in [-0.39, 0.29) is 6.04 Å². The Morgan fingerprint density at radius 1 is 1.42 bits per heavy atom. The van der Waals surface area contributed by atoms with Gasteiger partial charge in [-0.3, -0.25) is 9.36 Å². The van der Waals surface area contributed by atoms with Gasteiger partial charge < -0.3 is 5.73 Å². The SMILES string of the molecule is CCn1nc(C)c(Br)c1CC(N)c1cnn(C)c1C. The zero-order chi connectivity index (χ0) is 14.2. The lowest BCUT2D eigenvalue weighted by atomic mass is 10.0. The normalized spacial score (nSPS) is 12.9. The summed E-state index contributed by atoms with van der Waals surface area (Å²) in [5.41, 5.74) is 10.7. The van der Waals surface area contributed by atoms with Gasteiger partial charge in [0.25, 0.3) is 0 Å². The van der Waals surface area contributed by atoms with Crippen LogP contribution in [0.25, 0.3) is 0 Å². The topological polar surface area (TPSA) is 61.7 Å². The molecule has 2 rings (SSSR count). The molecular weight excluding hydrogens is 306 g/mol. The molecule has 104 valence electrons. The van der Waals surface area contributed by atoms with Crippen molar-refractivity contribution in [3.8, 4) is 0 Å². The number of halogens is 1. The summed E-state index contributed by atoms with van der Waals surface area (Å²) in [4.78, 5) is 0. The van der Waals surface area contributed by atoms with Crippen molar-refractivity contribution in [1.29, 1.82) is 0 Å². The Hall–Kier alpha value is -1.14. The summed E-state index contributed by atoms with van der Waals surface area (Å²) in [5.74, 6) is 0. The molecule has 1 atom stereocenters. The Morgan fingerprint density at radius 3 is 2.63 bits per heavy atom. The summed E-state index contributed by atoms with van der Waals surface area (Å²) in [7, 11) is 1.93. The summed E-state index contributed by atoms with van der Waals surface area (Å²) in [5, 5.41) is 8.75. The third kappa shape index (κ3) is 2.60. The number of nitrogens with two attached hydrogens (primary N) is 1. The highest BCUT2D eigenvalue weighted by molar-refractivity contribution is 9.10. The van der Waals surface area contributed by atoms with E-state index in [4.69, 9.17) is 5.73 Å². The van der Waals surface area contributed by atoms with Crippen molar-refractivity contribution in [2.24, 2.45) is 12.8 Å². The fourth-order valence-corrected chi connectivity index (χ4v) is 2.71. The molecular formula is C13H20BrN5. The second-order valence-corrected chi connectivity index (χ2v) is 5.57. The van der Waals surface area contributed by atoms with E-state index in [1.165, 1.54) is 0 Å². The minimum atomic E-state index is -0.0635. The zero-order valence-corrected chi connectivity index (χ0v) is 13.4. The highest BCUT2D eigenvalue weighted by Crippen LogP contribution is 2.26. The standard InChI is InChI=1S/C13H20BrN5/c1-5-19-12(13(14)8(2)17-19)6-11(15)10-7-16-18(4)9(10)3/h7,11H,5-6,15H2,1-4H3. The number of aromatic nitrogens is 4. The van der Waals surface area contributed by atoms with Gasteiger partial charge in [0.1, 0.15) is 0 Å². The zero-order valence-electron chi connectivity index (χ0n) is 11.8. The fourth-order valence-electron chi connectivity index (χ4n) is 2.26. The van der Waals surface area contributed by atoms with Gasteiger partial charge >= 0.3 is 0 Å². The van der Waals surface area contributed by atoms with E-state index < -0.39 is 0 Å². The van der Waals surface area contributed by atoms with E-state index in [9.17, 15) is 0 Å².